The maximum atomic E-state index is 14.0. The molecule has 1 heterocycles. The Balaban J connectivity index is 1.71. The molecule has 4 rings (SSSR count). The summed E-state index contributed by atoms with van der Waals surface area (Å²) in [7, 11) is -1.00. The third-order valence-electron chi connectivity index (χ3n) is 7.90. The highest BCUT2D eigenvalue weighted by Gasteiger charge is 2.50. The summed E-state index contributed by atoms with van der Waals surface area (Å²) in [6, 6.07) is 6.64. The molecular weight excluding hydrogens is 541 g/mol. The molecule has 1 aliphatic carbocycles. The highest BCUT2D eigenvalue weighted by Crippen LogP contribution is 2.44. The van der Waals surface area contributed by atoms with Crippen molar-refractivity contribution in [1.82, 2.24) is 15.5 Å². The van der Waals surface area contributed by atoms with Crippen LogP contribution in [-0.4, -0.2) is 54.0 Å². The third-order valence-corrected chi connectivity index (χ3v) is 9.34. The fraction of sp³-hybridized carbons (Fsp3) is 0.548. The fourth-order valence-electron chi connectivity index (χ4n) is 6.11. The predicted octanol–water partition coefficient (Wildman–Crippen LogP) is 4.97. The van der Waals surface area contributed by atoms with E-state index in [1.807, 2.05) is 39.8 Å². The Morgan fingerprint density at radius 3 is 1.93 bits per heavy atom. The van der Waals surface area contributed by atoms with Gasteiger partial charge in [0.2, 0.25) is 11.8 Å². The first-order valence-corrected chi connectivity index (χ1v) is 15.8. The van der Waals surface area contributed by atoms with Crippen LogP contribution in [0.2, 0.25) is 0 Å². The standard InChI is InChI=1S/C31H40N3O6P/c1-7-40-41(39)25(16-21(14-17(2)3)28(35)33-24(15-18(4)5)29(36)32-6)34-30(37)22-12-10-19-8-9-20-11-13-23(31(34)38)27(22)26(19)20/h10-13,17-18,21,24-25H,7-9,14-16H2,1-6H3,(H-,32,33,35,36)/p+1/t21?,24-,25?/m0/s1. The average Bonchev–Trinajstić information content (AvgIpc) is 3.35. The molecule has 10 heteroatoms. The Bertz CT molecular complexity index is 1330. The molecular formula is C31H41N3O6P+. The van der Waals surface area contributed by atoms with Crippen LogP contribution in [0.25, 0.3) is 10.8 Å². The Morgan fingerprint density at radius 2 is 1.44 bits per heavy atom. The fourth-order valence-corrected chi connectivity index (χ4v) is 7.36. The number of carbonyl (C=O) groups is 4. The summed E-state index contributed by atoms with van der Waals surface area (Å²) >= 11 is 0. The molecule has 2 aromatic rings. The molecule has 3 unspecified atom stereocenters. The number of benzene rings is 2. The van der Waals surface area contributed by atoms with Crippen LogP contribution in [-0.2, 0) is 31.5 Å². The third kappa shape index (κ3) is 6.21. The zero-order chi connectivity index (χ0) is 30.0. The molecule has 4 atom stereocenters. The second-order valence-electron chi connectivity index (χ2n) is 11.8. The number of carbonyl (C=O) groups excluding carboxylic acids is 4. The smallest absolute Gasteiger partial charge is 0.357 e. The van der Waals surface area contributed by atoms with Crippen LogP contribution >= 0.6 is 8.03 Å². The van der Waals surface area contributed by atoms with Crippen molar-refractivity contribution >= 4 is 42.4 Å². The zero-order valence-corrected chi connectivity index (χ0v) is 25.7. The molecule has 41 heavy (non-hydrogen) atoms. The Kier molecular flexibility index (Phi) is 9.60. The van der Waals surface area contributed by atoms with Gasteiger partial charge in [-0.3, -0.25) is 19.2 Å². The number of aryl methyl sites for hydroxylation is 2. The molecule has 0 fully saturated rings. The lowest BCUT2D eigenvalue weighted by Crippen LogP contribution is -2.50. The van der Waals surface area contributed by atoms with E-state index in [4.69, 9.17) is 4.52 Å². The van der Waals surface area contributed by atoms with Crippen molar-refractivity contribution in [2.24, 2.45) is 17.8 Å². The van der Waals surface area contributed by atoms with E-state index in [1.165, 1.54) is 7.05 Å². The topological polar surface area (TPSA) is 122 Å². The van der Waals surface area contributed by atoms with Gasteiger partial charge >= 0.3 is 8.03 Å². The lowest BCUT2D eigenvalue weighted by Gasteiger charge is -2.31. The second-order valence-corrected chi connectivity index (χ2v) is 13.3. The molecule has 220 valence electrons. The number of hydrogen-bond donors (Lipinski definition) is 2. The van der Waals surface area contributed by atoms with Gasteiger partial charge in [0.15, 0.2) is 0 Å². The van der Waals surface area contributed by atoms with Gasteiger partial charge in [-0.25, -0.2) is 4.90 Å². The van der Waals surface area contributed by atoms with E-state index < -0.39 is 37.6 Å². The summed E-state index contributed by atoms with van der Waals surface area (Å²) in [6.45, 7) is 9.68. The zero-order valence-electron chi connectivity index (χ0n) is 24.8. The number of nitrogens with one attached hydrogen (secondary N) is 2. The van der Waals surface area contributed by atoms with E-state index in [1.54, 1.807) is 19.1 Å². The number of hydrogen-bond acceptors (Lipinski definition) is 6. The normalized spacial score (nSPS) is 16.8. The lowest BCUT2D eigenvalue weighted by atomic mass is 9.89. The SMILES string of the molecule is CCO[P+](=O)C(CC(CC(C)C)C(=O)N[C@@H](CC(C)C)C(=O)NC)N1C(=O)c2ccc3c4c(ccc(c24)C1=O)CC3. The highest BCUT2D eigenvalue weighted by atomic mass is 31.1. The molecule has 0 saturated carbocycles. The molecule has 9 nitrogen and oxygen atoms in total. The summed E-state index contributed by atoms with van der Waals surface area (Å²) < 4.78 is 19.1. The lowest BCUT2D eigenvalue weighted by molar-refractivity contribution is -0.131. The van der Waals surface area contributed by atoms with Gasteiger partial charge in [0.25, 0.3) is 17.6 Å². The number of likely N-dealkylation sites (N-methyl/N-ethyl adjacent to an activating group) is 1. The molecule has 1 aliphatic heterocycles. The molecule has 0 bridgehead atoms. The van der Waals surface area contributed by atoms with Crippen molar-refractivity contribution < 1.29 is 28.3 Å². The maximum Gasteiger partial charge on any atom is 0.533 e. The van der Waals surface area contributed by atoms with Crippen molar-refractivity contribution in [2.45, 2.75) is 78.5 Å². The van der Waals surface area contributed by atoms with Crippen LogP contribution in [0.1, 0.15) is 85.7 Å². The van der Waals surface area contributed by atoms with Gasteiger partial charge in [-0.15, -0.1) is 4.52 Å². The quantitative estimate of drug-likeness (QED) is 0.254. The summed E-state index contributed by atoms with van der Waals surface area (Å²) in [5.41, 5.74) is 3.03. The van der Waals surface area contributed by atoms with Gasteiger partial charge in [0, 0.05) is 35.9 Å². The van der Waals surface area contributed by atoms with Gasteiger partial charge in [-0.2, -0.15) is 0 Å². The summed E-state index contributed by atoms with van der Waals surface area (Å²) in [5, 5.41) is 7.12. The maximum absolute atomic E-state index is 14.0. The van der Waals surface area contributed by atoms with Crippen molar-refractivity contribution in [1.29, 1.82) is 0 Å². The molecule has 0 saturated heterocycles. The predicted molar refractivity (Wildman–Crippen MR) is 158 cm³/mol. The van der Waals surface area contributed by atoms with Crippen LogP contribution in [0.4, 0.5) is 0 Å². The minimum atomic E-state index is -2.53. The summed E-state index contributed by atoms with van der Waals surface area (Å²) in [4.78, 5) is 55.2. The molecule has 4 amide bonds. The molecule has 2 aliphatic rings. The average molecular weight is 583 g/mol. The minimum absolute atomic E-state index is 0.0481. The van der Waals surface area contributed by atoms with Crippen molar-refractivity contribution in [2.75, 3.05) is 13.7 Å². The Hall–Kier alpha value is -3.16. The van der Waals surface area contributed by atoms with Crippen LogP contribution in [0.5, 0.6) is 0 Å². The molecule has 0 spiro atoms. The van der Waals surface area contributed by atoms with E-state index in [9.17, 15) is 23.7 Å². The Labute approximate surface area is 242 Å². The van der Waals surface area contributed by atoms with Crippen LogP contribution in [0.15, 0.2) is 24.3 Å². The van der Waals surface area contributed by atoms with Gasteiger partial charge in [0.05, 0.1) is 6.61 Å². The van der Waals surface area contributed by atoms with E-state index in [0.717, 1.165) is 34.3 Å². The molecule has 0 radical (unpaired) electrons. The molecule has 0 aromatic heterocycles. The van der Waals surface area contributed by atoms with Gasteiger partial charge in [-0.1, -0.05) is 39.8 Å². The minimum Gasteiger partial charge on any atom is -0.357 e. The van der Waals surface area contributed by atoms with Crippen LogP contribution < -0.4 is 10.6 Å². The van der Waals surface area contributed by atoms with Crippen molar-refractivity contribution in [3.63, 3.8) is 0 Å². The Morgan fingerprint density at radius 1 is 0.878 bits per heavy atom. The van der Waals surface area contributed by atoms with E-state index in [2.05, 4.69) is 10.6 Å². The van der Waals surface area contributed by atoms with Gasteiger partial charge in [-0.05, 0) is 77.7 Å². The summed E-state index contributed by atoms with van der Waals surface area (Å²) in [5.74, 6) is -3.36. The van der Waals surface area contributed by atoms with Gasteiger partial charge in [0.1, 0.15) is 6.04 Å². The number of nitrogens with zero attached hydrogens (tertiary/aromatic N) is 1. The first-order chi connectivity index (χ1) is 19.5. The number of rotatable bonds is 13. The van der Waals surface area contributed by atoms with Gasteiger partial charge < -0.3 is 10.6 Å². The largest absolute Gasteiger partial charge is 0.533 e. The van der Waals surface area contributed by atoms with E-state index in [0.29, 0.717) is 29.4 Å². The van der Waals surface area contributed by atoms with Crippen molar-refractivity contribution in [3.05, 3.63) is 46.5 Å². The van der Waals surface area contributed by atoms with E-state index >= 15 is 0 Å². The van der Waals surface area contributed by atoms with Crippen LogP contribution in [0.3, 0.4) is 0 Å². The molecule has 2 aromatic carbocycles. The number of imide groups is 1. The first-order valence-electron chi connectivity index (χ1n) is 14.5. The summed E-state index contributed by atoms with van der Waals surface area (Å²) in [6.07, 6.45) is 2.54. The van der Waals surface area contributed by atoms with E-state index in [-0.39, 0.29) is 36.7 Å². The van der Waals surface area contributed by atoms with Crippen molar-refractivity contribution in [3.8, 4) is 0 Å². The highest BCUT2D eigenvalue weighted by molar-refractivity contribution is 7.40. The first kappa shape index (κ1) is 30.8. The monoisotopic (exact) mass is 582 g/mol. The number of amides is 4. The van der Waals surface area contributed by atoms with Crippen LogP contribution in [0, 0.1) is 17.8 Å². The second kappa shape index (κ2) is 12.8. The molecule has 2 N–H and O–H groups in total.